The van der Waals surface area contributed by atoms with Crippen LogP contribution in [-0.2, 0) is 4.84 Å². The van der Waals surface area contributed by atoms with E-state index in [9.17, 15) is 0 Å². The summed E-state index contributed by atoms with van der Waals surface area (Å²) in [6.45, 7) is 1.04. The molecule has 1 heterocycles. The molecule has 9 heavy (non-hydrogen) atoms. The van der Waals surface area contributed by atoms with Gasteiger partial charge >= 0.3 is 0 Å². The average Bonchev–Trinajstić information content (AvgIpc) is 2.46. The van der Waals surface area contributed by atoms with E-state index in [-0.39, 0.29) is 0 Å². The van der Waals surface area contributed by atoms with Gasteiger partial charge in [0.1, 0.15) is 12.5 Å². The lowest BCUT2D eigenvalue weighted by Gasteiger charge is -2.10. The average molecular weight is 125 g/mol. The first-order valence-corrected chi connectivity index (χ1v) is 3.22. The van der Waals surface area contributed by atoms with Crippen LogP contribution in [0.25, 0.3) is 0 Å². The highest BCUT2D eigenvalue weighted by Gasteiger charge is 2.24. The van der Waals surface area contributed by atoms with Gasteiger partial charge in [0.2, 0.25) is 0 Å². The van der Waals surface area contributed by atoms with Gasteiger partial charge in [-0.3, -0.25) is 5.01 Å². The number of nitrogens with one attached hydrogen (secondary N) is 1. The van der Waals surface area contributed by atoms with Gasteiger partial charge in [-0.25, -0.2) is 0 Å². The highest BCUT2D eigenvalue weighted by Crippen LogP contribution is 2.29. The van der Waals surface area contributed by atoms with Gasteiger partial charge < -0.3 is 4.84 Å². The molecule has 0 bridgehead atoms. The molecule has 1 fully saturated rings. The van der Waals surface area contributed by atoms with Crippen LogP contribution in [0.5, 0.6) is 0 Å². The predicted molar refractivity (Wildman–Crippen MR) is 31.5 cm³/mol. The Hall–Kier alpha value is -0.700. The molecule has 1 aliphatic carbocycles. The standard InChI is InChI=1S/C6H9N2O/c1-2-6(1)5-8-3-4-9-7-8/h4,6-7H,1-2,5H2. The summed E-state index contributed by atoms with van der Waals surface area (Å²) in [4.78, 5) is 4.73. The Labute approximate surface area is 54.2 Å². The Balaban J connectivity index is 1.77. The fourth-order valence-electron chi connectivity index (χ4n) is 0.855. The Morgan fingerprint density at radius 1 is 1.78 bits per heavy atom. The smallest absolute Gasteiger partial charge is 0.140 e. The van der Waals surface area contributed by atoms with E-state index in [1.165, 1.54) is 19.1 Å². The van der Waals surface area contributed by atoms with Gasteiger partial charge in [-0.15, -0.1) is 0 Å². The zero-order valence-electron chi connectivity index (χ0n) is 5.13. The molecular weight excluding hydrogens is 116 g/mol. The highest BCUT2D eigenvalue weighted by atomic mass is 16.7. The van der Waals surface area contributed by atoms with Crippen LogP contribution in [0, 0.1) is 12.1 Å². The molecule has 3 heteroatoms. The van der Waals surface area contributed by atoms with Gasteiger partial charge in [0.05, 0.1) is 0 Å². The van der Waals surface area contributed by atoms with Crippen LogP contribution in [0.1, 0.15) is 12.8 Å². The van der Waals surface area contributed by atoms with Crippen LogP contribution in [0.3, 0.4) is 0 Å². The zero-order valence-corrected chi connectivity index (χ0v) is 5.13. The summed E-state index contributed by atoms with van der Waals surface area (Å²) in [5, 5.41) is 1.84. The third-order valence-corrected chi connectivity index (χ3v) is 1.57. The summed E-state index contributed by atoms with van der Waals surface area (Å²) >= 11 is 0. The minimum Gasteiger partial charge on any atom is -0.394 e. The minimum atomic E-state index is 0.875. The Bertz CT molecular complexity index is 131. The van der Waals surface area contributed by atoms with E-state index in [0.717, 1.165) is 12.5 Å². The van der Waals surface area contributed by atoms with Crippen molar-refractivity contribution in [3.63, 3.8) is 0 Å². The zero-order chi connectivity index (χ0) is 6.10. The number of hydrazine groups is 1. The van der Waals surface area contributed by atoms with Crippen molar-refractivity contribution < 1.29 is 4.84 Å². The molecule has 2 rings (SSSR count). The van der Waals surface area contributed by atoms with Gasteiger partial charge in [-0.1, -0.05) is 5.59 Å². The Morgan fingerprint density at radius 2 is 2.67 bits per heavy atom. The lowest BCUT2D eigenvalue weighted by Crippen LogP contribution is -2.29. The van der Waals surface area contributed by atoms with Crippen molar-refractivity contribution in [1.82, 2.24) is 10.6 Å². The second kappa shape index (κ2) is 1.92. The summed E-state index contributed by atoms with van der Waals surface area (Å²) in [5.74, 6) is 0.875. The van der Waals surface area contributed by atoms with E-state index in [2.05, 4.69) is 11.8 Å². The molecule has 0 spiro atoms. The van der Waals surface area contributed by atoms with Crippen LogP contribution < -0.4 is 5.59 Å². The Morgan fingerprint density at radius 3 is 3.22 bits per heavy atom. The second-order valence-electron chi connectivity index (χ2n) is 2.51. The van der Waals surface area contributed by atoms with Gasteiger partial charge in [0, 0.05) is 6.54 Å². The van der Waals surface area contributed by atoms with Crippen molar-refractivity contribution >= 4 is 0 Å². The predicted octanol–water partition coefficient (Wildman–Crippen LogP) is 0.423. The van der Waals surface area contributed by atoms with Crippen LogP contribution in [0.4, 0.5) is 0 Å². The summed E-state index contributed by atoms with van der Waals surface area (Å²) in [6, 6.07) is 0. The quantitative estimate of drug-likeness (QED) is 0.579. The summed E-state index contributed by atoms with van der Waals surface area (Å²) < 4.78 is 0. The molecule has 49 valence electrons. The van der Waals surface area contributed by atoms with E-state index in [0.29, 0.717) is 0 Å². The first-order valence-electron chi connectivity index (χ1n) is 3.22. The molecule has 1 aliphatic heterocycles. The van der Waals surface area contributed by atoms with Crippen LogP contribution >= 0.6 is 0 Å². The molecule has 1 saturated carbocycles. The van der Waals surface area contributed by atoms with Crippen molar-refractivity contribution in [3.8, 4) is 0 Å². The van der Waals surface area contributed by atoms with Crippen LogP contribution in [-0.4, -0.2) is 11.6 Å². The van der Waals surface area contributed by atoms with Gasteiger partial charge in [0.25, 0.3) is 0 Å². The van der Waals surface area contributed by atoms with Crippen molar-refractivity contribution in [2.75, 3.05) is 6.54 Å². The maximum atomic E-state index is 4.73. The maximum absolute atomic E-state index is 4.73. The fourth-order valence-corrected chi connectivity index (χ4v) is 0.855. The molecule has 0 aromatic heterocycles. The van der Waals surface area contributed by atoms with E-state index in [1.54, 1.807) is 0 Å². The molecule has 0 aromatic rings. The lowest BCUT2D eigenvalue weighted by atomic mass is 10.4. The monoisotopic (exact) mass is 125 g/mol. The normalized spacial score (nSPS) is 24.7. The van der Waals surface area contributed by atoms with Gasteiger partial charge in [-0.05, 0) is 18.8 Å². The second-order valence-corrected chi connectivity index (χ2v) is 2.51. The van der Waals surface area contributed by atoms with Crippen LogP contribution in [0.2, 0.25) is 0 Å². The van der Waals surface area contributed by atoms with Gasteiger partial charge in [-0.2, -0.15) is 0 Å². The van der Waals surface area contributed by atoms with Crippen LogP contribution in [0.15, 0.2) is 6.26 Å². The van der Waals surface area contributed by atoms with Gasteiger partial charge in [0.15, 0.2) is 0 Å². The molecule has 1 N–H and O–H groups in total. The van der Waals surface area contributed by atoms with Crippen molar-refractivity contribution in [1.29, 1.82) is 0 Å². The molecule has 0 amide bonds. The van der Waals surface area contributed by atoms with E-state index in [1.807, 2.05) is 5.01 Å². The summed E-state index contributed by atoms with van der Waals surface area (Å²) in [7, 11) is 0. The summed E-state index contributed by atoms with van der Waals surface area (Å²) in [5.41, 5.74) is 2.69. The number of hydrogen-bond acceptors (Lipinski definition) is 3. The SMILES string of the molecule is [C]1=CONN1CC1CC1. The molecule has 0 atom stereocenters. The number of rotatable bonds is 2. The molecule has 0 aromatic carbocycles. The molecule has 3 nitrogen and oxygen atoms in total. The van der Waals surface area contributed by atoms with Crippen molar-refractivity contribution in [3.05, 3.63) is 12.5 Å². The molecule has 0 unspecified atom stereocenters. The number of nitrogens with zero attached hydrogens (tertiary/aromatic N) is 1. The van der Waals surface area contributed by atoms with E-state index in [4.69, 9.17) is 4.84 Å². The highest BCUT2D eigenvalue weighted by molar-refractivity contribution is 4.78. The molecule has 2 aliphatic rings. The van der Waals surface area contributed by atoms with E-state index < -0.39 is 0 Å². The molecule has 0 saturated heterocycles. The minimum absolute atomic E-state index is 0.875. The largest absolute Gasteiger partial charge is 0.394 e. The fraction of sp³-hybridized carbons (Fsp3) is 0.667. The van der Waals surface area contributed by atoms with Crippen molar-refractivity contribution in [2.24, 2.45) is 5.92 Å². The summed E-state index contributed by atoms with van der Waals surface area (Å²) in [6.07, 6.45) is 7.16. The third kappa shape index (κ3) is 1.16. The maximum Gasteiger partial charge on any atom is 0.140 e. The lowest BCUT2D eigenvalue weighted by molar-refractivity contribution is 0.0306. The topological polar surface area (TPSA) is 24.5 Å². The molecule has 1 radical (unpaired) electrons. The van der Waals surface area contributed by atoms with Crippen molar-refractivity contribution in [2.45, 2.75) is 12.8 Å². The Kier molecular flexibility index (Phi) is 1.09. The number of hydrogen-bond donors (Lipinski definition) is 1. The first-order chi connectivity index (χ1) is 4.45. The first kappa shape index (κ1) is 5.11. The third-order valence-electron chi connectivity index (χ3n) is 1.57. The molecular formula is C6H9N2O. The van der Waals surface area contributed by atoms with E-state index >= 15 is 0 Å².